The van der Waals surface area contributed by atoms with Crippen LogP contribution in [0.25, 0.3) is 11.3 Å². The van der Waals surface area contributed by atoms with Crippen LogP contribution >= 0.6 is 0 Å². The lowest BCUT2D eigenvalue weighted by atomic mass is 9.96. The van der Waals surface area contributed by atoms with E-state index >= 15 is 0 Å². The van der Waals surface area contributed by atoms with E-state index in [-0.39, 0.29) is 29.0 Å². The highest BCUT2D eigenvalue weighted by molar-refractivity contribution is 6.00. The number of ether oxygens (including phenoxy) is 1. The molecule has 1 aliphatic rings. The summed E-state index contributed by atoms with van der Waals surface area (Å²) in [7, 11) is 0. The van der Waals surface area contributed by atoms with Gasteiger partial charge < -0.3 is 14.6 Å². The molecule has 2 aromatic heterocycles. The van der Waals surface area contributed by atoms with Crippen molar-refractivity contribution in [2.75, 3.05) is 6.54 Å². The molecule has 3 aromatic rings. The fourth-order valence-electron chi connectivity index (χ4n) is 3.94. The zero-order chi connectivity index (χ0) is 22.9. The lowest BCUT2D eigenvalue weighted by molar-refractivity contribution is -0.137. The summed E-state index contributed by atoms with van der Waals surface area (Å²) in [5, 5.41) is 0. The minimum Gasteiger partial charge on any atom is -0.472 e. The maximum absolute atomic E-state index is 14.6. The number of hydrogen-bond donors (Lipinski definition) is 1. The summed E-state index contributed by atoms with van der Waals surface area (Å²) in [5.41, 5.74) is 0.0638. The first kappa shape index (κ1) is 21.9. The van der Waals surface area contributed by atoms with Gasteiger partial charge in [-0.2, -0.15) is 13.2 Å². The van der Waals surface area contributed by atoms with Gasteiger partial charge in [0.15, 0.2) is 0 Å². The van der Waals surface area contributed by atoms with Gasteiger partial charge in [0.05, 0.1) is 17.2 Å². The summed E-state index contributed by atoms with van der Waals surface area (Å²) in [4.78, 5) is 21.7. The summed E-state index contributed by atoms with van der Waals surface area (Å²) < 4.78 is 58.7. The van der Waals surface area contributed by atoms with Gasteiger partial charge in [-0.05, 0) is 50.1 Å². The zero-order valence-corrected chi connectivity index (χ0v) is 17.2. The number of benzene rings is 1. The lowest BCUT2D eigenvalue weighted by Gasteiger charge is -2.39. The second-order valence-electron chi connectivity index (χ2n) is 7.67. The zero-order valence-electron chi connectivity index (χ0n) is 17.2. The number of halogens is 4. The van der Waals surface area contributed by atoms with Gasteiger partial charge in [-0.3, -0.25) is 4.79 Å². The van der Waals surface area contributed by atoms with Gasteiger partial charge in [-0.1, -0.05) is 6.07 Å². The summed E-state index contributed by atoms with van der Waals surface area (Å²) in [6.45, 7) is 2.26. The average molecular weight is 447 g/mol. The molecule has 0 unspecified atom stereocenters. The largest absolute Gasteiger partial charge is 0.472 e. The van der Waals surface area contributed by atoms with Crippen molar-refractivity contribution >= 4 is 5.91 Å². The molecule has 1 aromatic carbocycles. The number of nitrogens with one attached hydrogen (secondary N) is 1. The number of H-pyrrole nitrogens is 1. The molecule has 1 N–H and O–H groups in total. The number of carbonyl (C=O) groups is 1. The monoisotopic (exact) mass is 447 g/mol. The molecule has 0 bridgehead atoms. The second kappa shape index (κ2) is 8.64. The number of rotatable bonds is 4. The molecule has 1 aliphatic heterocycles. The van der Waals surface area contributed by atoms with Crippen LogP contribution in [-0.4, -0.2) is 39.5 Å². The summed E-state index contributed by atoms with van der Waals surface area (Å²) in [6, 6.07) is 9.48. The average Bonchev–Trinajstić information content (AvgIpc) is 3.29. The number of piperidine rings is 1. The van der Waals surface area contributed by atoms with Crippen LogP contribution in [0.5, 0.6) is 5.88 Å². The number of alkyl halides is 3. The number of pyridine rings is 1. The van der Waals surface area contributed by atoms with E-state index in [1.165, 1.54) is 18.2 Å². The van der Waals surface area contributed by atoms with Gasteiger partial charge in [0.1, 0.15) is 11.9 Å². The van der Waals surface area contributed by atoms with E-state index < -0.39 is 23.7 Å². The summed E-state index contributed by atoms with van der Waals surface area (Å²) >= 11 is 0. The van der Waals surface area contributed by atoms with Crippen molar-refractivity contribution < 1.29 is 27.1 Å². The Hall–Kier alpha value is -3.36. The number of amides is 1. The molecule has 2 atom stereocenters. The van der Waals surface area contributed by atoms with Crippen molar-refractivity contribution in [1.29, 1.82) is 0 Å². The molecule has 9 heteroatoms. The van der Waals surface area contributed by atoms with E-state index in [1.807, 2.05) is 0 Å². The SMILES string of the molecule is C[C@H]1[C@H](Oc2ccc(C(F)(F)F)cn2)CCCN1C(=O)c1cccc(F)c1-c1ccc[nH]1. The first-order valence-corrected chi connectivity index (χ1v) is 10.2. The van der Waals surface area contributed by atoms with Crippen LogP contribution in [0.4, 0.5) is 17.6 Å². The van der Waals surface area contributed by atoms with E-state index in [1.54, 1.807) is 36.2 Å². The molecule has 0 spiro atoms. The maximum atomic E-state index is 14.6. The third-order valence-electron chi connectivity index (χ3n) is 5.63. The highest BCUT2D eigenvalue weighted by Gasteiger charge is 2.35. The highest BCUT2D eigenvalue weighted by Crippen LogP contribution is 2.31. The highest BCUT2D eigenvalue weighted by atomic mass is 19.4. The Kier molecular flexibility index (Phi) is 5.90. The van der Waals surface area contributed by atoms with Gasteiger partial charge in [0.25, 0.3) is 5.91 Å². The molecule has 1 saturated heterocycles. The van der Waals surface area contributed by atoms with Crippen molar-refractivity contribution in [3.63, 3.8) is 0 Å². The molecule has 32 heavy (non-hydrogen) atoms. The Morgan fingerprint density at radius 1 is 1.19 bits per heavy atom. The fourth-order valence-corrected chi connectivity index (χ4v) is 3.94. The first-order chi connectivity index (χ1) is 15.3. The van der Waals surface area contributed by atoms with Gasteiger partial charge in [-0.15, -0.1) is 0 Å². The number of nitrogens with zero attached hydrogens (tertiary/aromatic N) is 2. The van der Waals surface area contributed by atoms with Crippen LogP contribution in [0.3, 0.4) is 0 Å². The standard InChI is InChI=1S/C23H21F4N3O2/c1-14-19(32-20-10-9-15(13-29-20)23(25,26)27)8-4-12-30(14)22(31)16-5-2-6-17(24)21(16)18-7-3-11-28-18/h2-3,5-7,9-11,13-14,19,28H,4,8,12H2,1H3/t14-,19+/m0/s1. The number of hydrogen-bond acceptors (Lipinski definition) is 3. The Morgan fingerprint density at radius 3 is 2.66 bits per heavy atom. The van der Waals surface area contributed by atoms with Crippen LogP contribution in [0.2, 0.25) is 0 Å². The molecular weight excluding hydrogens is 426 g/mol. The van der Waals surface area contributed by atoms with Crippen molar-refractivity contribution in [1.82, 2.24) is 14.9 Å². The van der Waals surface area contributed by atoms with Gasteiger partial charge in [0, 0.05) is 36.3 Å². The second-order valence-corrected chi connectivity index (χ2v) is 7.67. The van der Waals surface area contributed by atoms with Gasteiger partial charge in [-0.25, -0.2) is 9.37 Å². The predicted octanol–water partition coefficient (Wildman–Crippen LogP) is 5.31. The molecule has 4 rings (SSSR count). The van der Waals surface area contributed by atoms with E-state index in [4.69, 9.17) is 4.74 Å². The van der Waals surface area contributed by atoms with Crippen molar-refractivity contribution in [2.45, 2.75) is 38.1 Å². The van der Waals surface area contributed by atoms with Crippen molar-refractivity contribution in [3.05, 3.63) is 71.8 Å². The quantitative estimate of drug-likeness (QED) is 0.552. The third-order valence-corrected chi connectivity index (χ3v) is 5.63. The predicted molar refractivity (Wildman–Crippen MR) is 110 cm³/mol. The molecular formula is C23H21F4N3O2. The Labute approximate surface area is 182 Å². The van der Waals surface area contributed by atoms with E-state index in [0.717, 1.165) is 12.3 Å². The summed E-state index contributed by atoms with van der Waals surface area (Å²) in [5.74, 6) is -0.790. The molecule has 1 fully saturated rings. The van der Waals surface area contributed by atoms with E-state index in [0.29, 0.717) is 25.1 Å². The Bertz CT molecular complexity index is 1080. The third kappa shape index (κ3) is 4.32. The van der Waals surface area contributed by atoms with Crippen LogP contribution in [-0.2, 0) is 6.18 Å². The maximum Gasteiger partial charge on any atom is 0.417 e. The summed E-state index contributed by atoms with van der Waals surface area (Å²) in [6.07, 6.45) is -1.31. The molecule has 0 saturated carbocycles. The first-order valence-electron chi connectivity index (χ1n) is 10.2. The van der Waals surface area contributed by atoms with Crippen LogP contribution < -0.4 is 4.74 Å². The van der Waals surface area contributed by atoms with Gasteiger partial charge in [0.2, 0.25) is 5.88 Å². The van der Waals surface area contributed by atoms with Crippen molar-refractivity contribution in [3.8, 4) is 17.1 Å². The minimum absolute atomic E-state index is 0.0574. The molecule has 0 radical (unpaired) electrons. The number of aromatic amines is 1. The topological polar surface area (TPSA) is 58.2 Å². The normalized spacial score (nSPS) is 19.1. The molecule has 0 aliphatic carbocycles. The Balaban J connectivity index is 1.55. The Morgan fingerprint density at radius 2 is 2.00 bits per heavy atom. The number of likely N-dealkylation sites (tertiary alicyclic amines) is 1. The van der Waals surface area contributed by atoms with E-state index in [9.17, 15) is 22.4 Å². The van der Waals surface area contributed by atoms with Crippen molar-refractivity contribution in [2.24, 2.45) is 0 Å². The smallest absolute Gasteiger partial charge is 0.417 e. The van der Waals surface area contributed by atoms with Crippen LogP contribution in [0.1, 0.15) is 35.7 Å². The number of carbonyl (C=O) groups excluding carboxylic acids is 1. The fraction of sp³-hybridized carbons (Fsp3) is 0.304. The van der Waals surface area contributed by atoms with Crippen LogP contribution in [0.15, 0.2) is 54.9 Å². The van der Waals surface area contributed by atoms with E-state index in [2.05, 4.69) is 9.97 Å². The number of aromatic nitrogens is 2. The van der Waals surface area contributed by atoms with Gasteiger partial charge >= 0.3 is 6.18 Å². The van der Waals surface area contributed by atoms with Crippen LogP contribution in [0, 0.1) is 5.82 Å². The molecule has 168 valence electrons. The molecule has 3 heterocycles. The lowest BCUT2D eigenvalue weighted by Crippen LogP contribution is -2.51. The minimum atomic E-state index is -4.48. The molecule has 1 amide bonds. The molecule has 5 nitrogen and oxygen atoms in total.